The van der Waals surface area contributed by atoms with E-state index in [-0.39, 0.29) is 20.1 Å². The fraction of sp³-hybridized carbons (Fsp3) is 0.0476. The van der Waals surface area contributed by atoms with Gasteiger partial charge in [-0.25, -0.2) is 0 Å². The van der Waals surface area contributed by atoms with Crippen LogP contribution in [0.15, 0.2) is 182 Å². The first-order valence-corrected chi connectivity index (χ1v) is 24.9. The van der Waals surface area contributed by atoms with Gasteiger partial charge in [-0.15, -0.1) is 0 Å². The van der Waals surface area contributed by atoms with Gasteiger partial charge in [-0.3, -0.25) is 0 Å². The van der Waals surface area contributed by atoms with Crippen molar-refractivity contribution in [2.24, 2.45) is 0 Å². The third-order valence-electron chi connectivity index (χ3n) is 18.1. The molecule has 19 rings (SSSR count). The lowest BCUT2D eigenvalue weighted by molar-refractivity contribution is 1.14. The van der Waals surface area contributed by atoms with E-state index in [1.807, 2.05) is 0 Å². The molecule has 3 aromatic heterocycles. The van der Waals surface area contributed by atoms with Gasteiger partial charge >= 0.3 is 0 Å². The number of hydrogen-bond donors (Lipinski definition) is 0. The Labute approximate surface area is 398 Å². The van der Waals surface area contributed by atoms with E-state index in [9.17, 15) is 0 Å². The second-order valence-electron chi connectivity index (χ2n) is 20.9. The third-order valence-corrected chi connectivity index (χ3v) is 18.1. The number of para-hydroxylation sites is 3. The first-order chi connectivity index (χ1) is 34.3. The molecule has 69 heavy (non-hydrogen) atoms. The van der Waals surface area contributed by atoms with Crippen LogP contribution in [0.3, 0.4) is 0 Å². The fourth-order valence-electron chi connectivity index (χ4n) is 15.7. The van der Waals surface area contributed by atoms with Crippen LogP contribution >= 0.6 is 0 Å². The molecule has 0 spiro atoms. The molecule has 0 fully saturated rings. The van der Waals surface area contributed by atoms with E-state index < -0.39 is 0 Å². The molecule has 0 bridgehead atoms. The van der Waals surface area contributed by atoms with Crippen molar-refractivity contribution in [3.8, 4) is 17.1 Å². The summed E-state index contributed by atoms with van der Waals surface area (Å²) in [6.45, 7) is 0.484. The fourth-order valence-corrected chi connectivity index (χ4v) is 15.7. The van der Waals surface area contributed by atoms with Gasteiger partial charge < -0.3 is 13.7 Å². The molecule has 0 N–H and O–H groups in total. The van der Waals surface area contributed by atoms with Crippen molar-refractivity contribution >= 4 is 135 Å². The molecule has 10 aromatic carbocycles. The minimum atomic E-state index is 0.157. The van der Waals surface area contributed by atoms with Crippen LogP contribution in [0.4, 0.5) is 0 Å². The monoisotopic (exact) mass is 867 g/mol. The number of rotatable bonds is 0. The molecule has 6 aliphatic heterocycles. The Kier molecular flexibility index (Phi) is 5.95. The zero-order chi connectivity index (χ0) is 44.1. The van der Waals surface area contributed by atoms with Crippen molar-refractivity contribution in [1.29, 1.82) is 0 Å². The SMILES string of the molecule is c1ccc2c(c1)Cc1ccc3c4c5c6ccc7c8c6n(c5c5c(c6ccc9c%10c6n5-c5ccccc5B%10c5ccccc5C9)c4n4c3c1B2c1ccccc1-4)-c1ccccc1B8c1ccccc1C7. The number of hydrogen-bond acceptors (Lipinski definition) is 0. The largest absolute Gasteiger partial charge is 0.310 e. The predicted octanol–water partition coefficient (Wildman–Crippen LogP) is 7.18. The molecule has 312 valence electrons. The topological polar surface area (TPSA) is 14.8 Å². The molecule has 0 aliphatic carbocycles. The summed E-state index contributed by atoms with van der Waals surface area (Å²) in [6, 6.07) is 71.0. The minimum Gasteiger partial charge on any atom is -0.310 e. The minimum absolute atomic E-state index is 0.157. The van der Waals surface area contributed by atoms with E-state index in [1.165, 1.54) is 165 Å². The quantitative estimate of drug-likeness (QED) is 0.144. The highest BCUT2D eigenvalue weighted by molar-refractivity contribution is 7.00. The van der Waals surface area contributed by atoms with Crippen LogP contribution in [0.25, 0.3) is 82.5 Å². The second-order valence-corrected chi connectivity index (χ2v) is 20.9. The summed E-state index contributed by atoms with van der Waals surface area (Å²) in [5.74, 6) is 0. The molecule has 0 amide bonds. The second kappa shape index (κ2) is 11.7. The molecular formula is C63H36B3N3. The zero-order valence-electron chi connectivity index (χ0n) is 37.5. The Bertz CT molecular complexity index is 4680. The average Bonchev–Trinajstić information content (AvgIpc) is 4.06. The highest BCUT2D eigenvalue weighted by Crippen LogP contribution is 2.51. The van der Waals surface area contributed by atoms with Crippen molar-refractivity contribution in [2.75, 3.05) is 0 Å². The summed E-state index contributed by atoms with van der Waals surface area (Å²) in [7, 11) is 0. The van der Waals surface area contributed by atoms with Gasteiger partial charge in [0.1, 0.15) is 0 Å². The molecule has 3 nitrogen and oxygen atoms in total. The standard InChI is InChI=1S/C63H36B3N3/c1-4-16-43-34(13-1)31-37-25-28-40-52-53-41-29-26-38-32-35-14-2-5-17-44(35)65-47-20-8-11-23-50(47)68(59(41)56(38)65)62(53)63-54(61(52)67-49-22-10-7-19-46(49)64(43)55(37)58(40)67)42-30-27-39-33-36-15-3-6-18-45(36)66-48-21-9-12-24-51(48)69(63)60(42)57(39)66/h1-30H,31-33H2. The van der Waals surface area contributed by atoms with Gasteiger partial charge in [-0.05, 0) is 104 Å². The van der Waals surface area contributed by atoms with Crippen molar-refractivity contribution in [3.05, 3.63) is 215 Å². The van der Waals surface area contributed by atoms with Crippen LogP contribution in [0.1, 0.15) is 33.4 Å². The Morgan fingerprint density at radius 2 is 0.551 bits per heavy atom. The van der Waals surface area contributed by atoms with Crippen LogP contribution in [0.5, 0.6) is 0 Å². The van der Waals surface area contributed by atoms with E-state index in [4.69, 9.17) is 0 Å². The molecule has 6 heteroatoms. The molecular weight excluding hydrogens is 831 g/mol. The Morgan fingerprint density at radius 1 is 0.246 bits per heavy atom. The number of fused-ring (bicyclic) bond motifs is 27. The van der Waals surface area contributed by atoms with E-state index >= 15 is 0 Å². The van der Waals surface area contributed by atoms with Gasteiger partial charge in [-0.1, -0.05) is 180 Å². The summed E-state index contributed by atoms with van der Waals surface area (Å²) in [6.07, 6.45) is 2.83. The number of benzene rings is 10. The molecule has 0 saturated heterocycles. The summed E-state index contributed by atoms with van der Waals surface area (Å²) in [5.41, 5.74) is 33.7. The lowest BCUT2D eigenvalue weighted by atomic mass is 9.32. The van der Waals surface area contributed by atoms with E-state index in [0.29, 0.717) is 0 Å². The predicted molar refractivity (Wildman–Crippen MR) is 291 cm³/mol. The third kappa shape index (κ3) is 3.82. The van der Waals surface area contributed by atoms with Gasteiger partial charge in [0.05, 0.1) is 16.6 Å². The number of nitrogens with zero attached hydrogens (tertiary/aromatic N) is 3. The van der Waals surface area contributed by atoms with E-state index in [2.05, 4.69) is 196 Å². The summed E-state index contributed by atoms with van der Waals surface area (Å²) in [5, 5.41) is 8.18. The van der Waals surface area contributed by atoms with Crippen LogP contribution in [-0.2, 0) is 19.3 Å². The van der Waals surface area contributed by atoms with Crippen LogP contribution in [0.2, 0.25) is 0 Å². The van der Waals surface area contributed by atoms with Crippen LogP contribution in [0, 0.1) is 0 Å². The molecule has 0 atom stereocenters. The number of aromatic nitrogens is 3. The molecule has 9 heterocycles. The van der Waals surface area contributed by atoms with Crippen molar-refractivity contribution in [3.63, 3.8) is 0 Å². The molecule has 0 unspecified atom stereocenters. The van der Waals surface area contributed by atoms with Gasteiger partial charge in [0.25, 0.3) is 0 Å². The lowest BCUT2D eigenvalue weighted by Gasteiger charge is -2.34. The molecule has 13 aromatic rings. The van der Waals surface area contributed by atoms with Crippen molar-refractivity contribution < 1.29 is 0 Å². The average molecular weight is 867 g/mol. The molecule has 0 radical (unpaired) electrons. The van der Waals surface area contributed by atoms with E-state index in [0.717, 1.165) is 19.3 Å². The maximum absolute atomic E-state index is 2.76. The highest BCUT2D eigenvalue weighted by Gasteiger charge is 2.45. The molecule has 0 saturated carbocycles. The first kappa shape index (κ1) is 35.0. The maximum Gasteiger partial charge on any atom is 0.247 e. The van der Waals surface area contributed by atoms with Crippen molar-refractivity contribution in [2.45, 2.75) is 19.3 Å². The summed E-state index contributed by atoms with van der Waals surface area (Å²) in [4.78, 5) is 0. The van der Waals surface area contributed by atoms with Gasteiger partial charge in [0.2, 0.25) is 20.1 Å². The Balaban J connectivity index is 1.12. The van der Waals surface area contributed by atoms with Gasteiger partial charge in [0, 0.05) is 65.9 Å². The lowest BCUT2D eigenvalue weighted by Crippen LogP contribution is -2.60. The smallest absolute Gasteiger partial charge is 0.247 e. The molecule has 6 aliphatic rings. The van der Waals surface area contributed by atoms with E-state index in [1.54, 1.807) is 0 Å². The van der Waals surface area contributed by atoms with Crippen LogP contribution < -0.4 is 49.2 Å². The van der Waals surface area contributed by atoms with Crippen molar-refractivity contribution in [1.82, 2.24) is 13.7 Å². The van der Waals surface area contributed by atoms with Crippen LogP contribution in [-0.4, -0.2) is 33.8 Å². The van der Waals surface area contributed by atoms with Gasteiger partial charge in [-0.2, -0.15) is 0 Å². The Morgan fingerprint density at radius 3 is 0.957 bits per heavy atom. The summed E-state index contributed by atoms with van der Waals surface area (Å²) < 4.78 is 8.29. The first-order valence-electron chi connectivity index (χ1n) is 24.9. The van der Waals surface area contributed by atoms with Gasteiger partial charge in [0.15, 0.2) is 0 Å². The zero-order valence-corrected chi connectivity index (χ0v) is 37.5. The normalized spacial score (nSPS) is 14.7. The Hall–Kier alpha value is -8.21. The maximum atomic E-state index is 2.76. The highest BCUT2D eigenvalue weighted by atomic mass is 15.1. The summed E-state index contributed by atoms with van der Waals surface area (Å²) >= 11 is 0.